The van der Waals surface area contributed by atoms with Gasteiger partial charge in [-0.3, -0.25) is 9.10 Å². The third-order valence-electron chi connectivity index (χ3n) is 4.75. The van der Waals surface area contributed by atoms with E-state index < -0.39 is 15.9 Å². The minimum atomic E-state index is -3.60. The van der Waals surface area contributed by atoms with Crippen LogP contribution in [0, 0.1) is 6.92 Å². The van der Waals surface area contributed by atoms with E-state index >= 15 is 0 Å². The Labute approximate surface area is 172 Å². The molecule has 0 bridgehead atoms. The fraction of sp³-hybridized carbons (Fsp3) is 0.381. The molecule has 0 saturated carbocycles. The number of benzene rings is 2. The number of carbonyl (C=O) groups is 1. The summed E-state index contributed by atoms with van der Waals surface area (Å²) in [4.78, 5) is 13.2. The van der Waals surface area contributed by atoms with Crippen LogP contribution in [0.15, 0.2) is 30.3 Å². The van der Waals surface area contributed by atoms with Crippen molar-refractivity contribution >= 4 is 27.3 Å². The maximum absolute atomic E-state index is 13.2. The average molecular weight is 421 g/mol. The number of anilines is 2. The summed E-state index contributed by atoms with van der Waals surface area (Å²) in [5, 5.41) is 2.96. The summed E-state index contributed by atoms with van der Waals surface area (Å²) < 4.78 is 35.9. The second kappa shape index (κ2) is 8.73. The highest BCUT2D eigenvalue weighted by molar-refractivity contribution is 7.92. The molecule has 7 nitrogen and oxygen atoms in total. The van der Waals surface area contributed by atoms with Crippen molar-refractivity contribution in [2.24, 2.45) is 0 Å². The lowest BCUT2D eigenvalue weighted by Crippen LogP contribution is -2.28. The Kier molecular flexibility index (Phi) is 6.79. The largest absolute Gasteiger partial charge is 0.493 e. The highest BCUT2D eigenvalue weighted by atomic mass is 32.2. The molecule has 2 rings (SSSR count). The Morgan fingerprint density at radius 1 is 1.10 bits per heavy atom. The molecule has 1 N–H and O–H groups in total. The first kappa shape index (κ1) is 22.5. The topological polar surface area (TPSA) is 84.9 Å². The zero-order valence-corrected chi connectivity index (χ0v) is 18.7. The van der Waals surface area contributed by atoms with Crippen LogP contribution in [0.4, 0.5) is 11.4 Å². The second-order valence-corrected chi connectivity index (χ2v) is 9.12. The first-order valence-corrected chi connectivity index (χ1v) is 11.0. The van der Waals surface area contributed by atoms with E-state index in [2.05, 4.69) is 5.32 Å². The van der Waals surface area contributed by atoms with E-state index in [-0.39, 0.29) is 17.2 Å². The van der Waals surface area contributed by atoms with Crippen molar-refractivity contribution in [3.63, 3.8) is 0 Å². The summed E-state index contributed by atoms with van der Waals surface area (Å²) in [7, 11) is 0.692. The minimum absolute atomic E-state index is 0.161. The molecule has 0 radical (unpaired) electrons. The molecule has 0 aliphatic carbocycles. The number of amides is 1. The van der Waals surface area contributed by atoms with Gasteiger partial charge in [0, 0.05) is 18.8 Å². The van der Waals surface area contributed by atoms with Crippen LogP contribution in [-0.2, 0) is 10.0 Å². The van der Waals surface area contributed by atoms with Gasteiger partial charge in [-0.1, -0.05) is 32.0 Å². The Morgan fingerprint density at radius 3 is 2.21 bits per heavy atom. The molecule has 2 aromatic rings. The summed E-state index contributed by atoms with van der Waals surface area (Å²) in [5.41, 5.74) is 2.99. The molecule has 0 aliphatic rings. The Hall–Kier alpha value is -2.74. The van der Waals surface area contributed by atoms with Gasteiger partial charge in [0.05, 0.1) is 31.7 Å². The summed E-state index contributed by atoms with van der Waals surface area (Å²) in [6.07, 6.45) is 1.07. The normalized spacial score (nSPS) is 11.3. The number of methoxy groups -OCH3 is 2. The fourth-order valence-electron chi connectivity index (χ4n) is 3.01. The highest BCUT2D eigenvalue weighted by Gasteiger charge is 2.24. The van der Waals surface area contributed by atoms with Crippen LogP contribution in [-0.4, -0.2) is 41.8 Å². The first-order valence-electron chi connectivity index (χ1n) is 9.12. The number of hydrogen-bond donors (Lipinski definition) is 1. The molecule has 0 atom stereocenters. The number of sulfonamides is 1. The van der Waals surface area contributed by atoms with E-state index in [9.17, 15) is 13.2 Å². The SMILES string of the molecule is COc1cc(C(=O)Nc2c(C)cccc2C(C)C)c(N(C)S(C)(=O)=O)cc1OC. The number of rotatable bonds is 7. The number of ether oxygens (including phenoxy) is 2. The van der Waals surface area contributed by atoms with Crippen molar-refractivity contribution in [2.75, 3.05) is 37.1 Å². The van der Waals surface area contributed by atoms with Crippen LogP contribution in [0.1, 0.15) is 41.3 Å². The number of aryl methyl sites for hydroxylation is 1. The monoisotopic (exact) mass is 420 g/mol. The molecule has 0 spiro atoms. The van der Waals surface area contributed by atoms with Gasteiger partial charge in [0.25, 0.3) is 5.91 Å². The van der Waals surface area contributed by atoms with Crippen molar-refractivity contribution in [1.29, 1.82) is 0 Å². The van der Waals surface area contributed by atoms with Crippen LogP contribution in [0.5, 0.6) is 11.5 Å². The van der Waals surface area contributed by atoms with E-state index in [0.717, 1.165) is 27.4 Å². The molecule has 158 valence electrons. The Balaban J connectivity index is 2.63. The average Bonchev–Trinajstić information content (AvgIpc) is 2.66. The maximum atomic E-state index is 13.2. The third-order valence-corrected chi connectivity index (χ3v) is 5.94. The minimum Gasteiger partial charge on any atom is -0.493 e. The summed E-state index contributed by atoms with van der Waals surface area (Å²) in [5.74, 6) is 0.423. The van der Waals surface area contributed by atoms with E-state index in [1.54, 1.807) is 0 Å². The van der Waals surface area contributed by atoms with Gasteiger partial charge in [-0.05, 0) is 30.0 Å². The number of nitrogens with zero attached hydrogens (tertiary/aromatic N) is 1. The molecular formula is C21H28N2O5S. The molecule has 0 aromatic heterocycles. The number of carbonyl (C=O) groups excluding carboxylic acids is 1. The zero-order valence-electron chi connectivity index (χ0n) is 17.9. The molecule has 29 heavy (non-hydrogen) atoms. The van der Waals surface area contributed by atoms with Gasteiger partial charge in [0.1, 0.15) is 0 Å². The summed E-state index contributed by atoms with van der Waals surface area (Å²) in [6, 6.07) is 8.79. The van der Waals surface area contributed by atoms with Gasteiger partial charge in [0.15, 0.2) is 11.5 Å². The lowest BCUT2D eigenvalue weighted by atomic mass is 9.98. The molecule has 8 heteroatoms. The molecular weight excluding hydrogens is 392 g/mol. The van der Waals surface area contributed by atoms with Crippen LogP contribution in [0.3, 0.4) is 0 Å². The van der Waals surface area contributed by atoms with E-state index in [1.165, 1.54) is 33.4 Å². The molecule has 0 fully saturated rings. The zero-order chi connectivity index (χ0) is 21.9. The maximum Gasteiger partial charge on any atom is 0.257 e. The molecule has 0 saturated heterocycles. The predicted octanol–water partition coefficient (Wildman–Crippen LogP) is 3.78. The molecule has 1 amide bonds. The van der Waals surface area contributed by atoms with Gasteiger partial charge < -0.3 is 14.8 Å². The standard InChI is InChI=1S/C21H28N2O5S/c1-13(2)15-10-8-9-14(3)20(15)22-21(24)16-11-18(27-5)19(28-6)12-17(16)23(4)29(7,25)26/h8-13H,1-7H3,(H,22,24). The predicted molar refractivity (Wildman–Crippen MR) is 116 cm³/mol. The first-order chi connectivity index (χ1) is 13.5. The van der Waals surface area contributed by atoms with E-state index in [1.807, 2.05) is 39.0 Å². The van der Waals surface area contributed by atoms with Gasteiger partial charge in [0.2, 0.25) is 10.0 Å². The van der Waals surface area contributed by atoms with Crippen molar-refractivity contribution in [3.8, 4) is 11.5 Å². The smallest absolute Gasteiger partial charge is 0.257 e. The van der Waals surface area contributed by atoms with Crippen LogP contribution < -0.4 is 19.1 Å². The molecule has 0 aliphatic heterocycles. The quantitative estimate of drug-likeness (QED) is 0.737. The van der Waals surface area contributed by atoms with Crippen molar-refractivity contribution in [3.05, 3.63) is 47.0 Å². The van der Waals surface area contributed by atoms with Crippen LogP contribution in [0.25, 0.3) is 0 Å². The molecule has 0 heterocycles. The lowest BCUT2D eigenvalue weighted by molar-refractivity contribution is 0.102. The fourth-order valence-corrected chi connectivity index (χ4v) is 3.52. The third kappa shape index (κ3) is 4.82. The van der Waals surface area contributed by atoms with Gasteiger partial charge in [-0.25, -0.2) is 8.42 Å². The van der Waals surface area contributed by atoms with Gasteiger partial charge in [-0.2, -0.15) is 0 Å². The van der Waals surface area contributed by atoms with Crippen LogP contribution in [0.2, 0.25) is 0 Å². The molecule has 0 unspecified atom stereocenters. The van der Waals surface area contributed by atoms with Gasteiger partial charge >= 0.3 is 0 Å². The summed E-state index contributed by atoms with van der Waals surface area (Å²) >= 11 is 0. The van der Waals surface area contributed by atoms with E-state index in [0.29, 0.717) is 11.5 Å². The second-order valence-electron chi connectivity index (χ2n) is 7.10. The number of nitrogens with one attached hydrogen (secondary N) is 1. The van der Waals surface area contributed by atoms with E-state index in [4.69, 9.17) is 9.47 Å². The Bertz CT molecular complexity index is 1020. The van der Waals surface area contributed by atoms with Crippen LogP contribution >= 0.6 is 0 Å². The number of hydrogen-bond acceptors (Lipinski definition) is 5. The van der Waals surface area contributed by atoms with Gasteiger partial charge in [-0.15, -0.1) is 0 Å². The Morgan fingerprint density at radius 2 is 1.69 bits per heavy atom. The number of para-hydroxylation sites is 1. The molecule has 2 aromatic carbocycles. The summed E-state index contributed by atoms with van der Waals surface area (Å²) in [6.45, 7) is 6.01. The van der Waals surface area contributed by atoms with Crippen molar-refractivity contribution in [1.82, 2.24) is 0 Å². The lowest BCUT2D eigenvalue weighted by Gasteiger charge is -2.23. The van der Waals surface area contributed by atoms with Crippen molar-refractivity contribution in [2.45, 2.75) is 26.7 Å². The van der Waals surface area contributed by atoms with Crippen molar-refractivity contribution < 1.29 is 22.7 Å². The highest BCUT2D eigenvalue weighted by Crippen LogP contribution is 2.36.